The Morgan fingerprint density at radius 2 is 1.79 bits per heavy atom. The topological polar surface area (TPSA) is 56.8 Å². The Labute approximate surface area is 112 Å². The summed E-state index contributed by atoms with van der Waals surface area (Å²) in [6.07, 6.45) is 0. The molecule has 0 amide bonds. The minimum atomic E-state index is -0.467. The first-order chi connectivity index (χ1) is 9.30. The van der Waals surface area contributed by atoms with Crippen LogP contribution in [-0.2, 0) is 0 Å². The van der Waals surface area contributed by atoms with E-state index in [2.05, 4.69) is 12.1 Å². The van der Waals surface area contributed by atoms with Gasteiger partial charge in [0.15, 0.2) is 0 Å². The second-order valence-corrected chi connectivity index (χ2v) is 4.04. The molecule has 0 radical (unpaired) electrons. The molecule has 0 aliphatic rings. The number of methoxy groups -OCH3 is 1. The maximum atomic E-state index is 9.42. The van der Waals surface area contributed by atoms with E-state index in [9.17, 15) is 10.5 Å². The molecule has 2 aromatic rings. The molecule has 0 spiro atoms. The fourth-order valence-corrected chi connectivity index (χ4v) is 1.98. The van der Waals surface area contributed by atoms with Crippen LogP contribution in [0.3, 0.4) is 0 Å². The summed E-state index contributed by atoms with van der Waals surface area (Å²) < 4.78 is 5.17. The van der Waals surface area contributed by atoms with E-state index < -0.39 is 5.92 Å². The second kappa shape index (κ2) is 5.71. The Kier molecular flexibility index (Phi) is 3.81. The van der Waals surface area contributed by atoms with Gasteiger partial charge in [0.2, 0.25) is 0 Å². The Morgan fingerprint density at radius 3 is 2.37 bits per heavy atom. The van der Waals surface area contributed by atoms with Gasteiger partial charge in [0, 0.05) is 0 Å². The summed E-state index contributed by atoms with van der Waals surface area (Å²) in [5, 5.41) is 18.6. The number of nitrogens with zero attached hydrogens (tertiary/aromatic N) is 2. The van der Waals surface area contributed by atoms with Gasteiger partial charge in [0.05, 0.1) is 30.7 Å². The second-order valence-electron chi connectivity index (χ2n) is 4.04. The van der Waals surface area contributed by atoms with Gasteiger partial charge in [-0.2, -0.15) is 10.5 Å². The van der Waals surface area contributed by atoms with Crippen LogP contribution in [0.15, 0.2) is 48.5 Å². The molecule has 0 aromatic heterocycles. The van der Waals surface area contributed by atoms with Crippen molar-refractivity contribution in [3.63, 3.8) is 0 Å². The highest BCUT2D eigenvalue weighted by Gasteiger charge is 2.17. The monoisotopic (exact) mass is 248 g/mol. The molecule has 19 heavy (non-hydrogen) atoms. The van der Waals surface area contributed by atoms with Gasteiger partial charge in [0.1, 0.15) is 5.75 Å². The van der Waals surface area contributed by atoms with Crippen LogP contribution in [0.4, 0.5) is 0 Å². The van der Waals surface area contributed by atoms with Gasteiger partial charge in [-0.3, -0.25) is 0 Å². The quantitative estimate of drug-likeness (QED) is 0.837. The number of rotatable bonds is 3. The molecule has 0 N–H and O–H groups in total. The standard InChI is InChI=1S/C16H12N2O/c1-19-14-8-7-13(10-17)15(9-14)16(11-18)12-5-3-2-4-6-12/h2-9,16H,1H3. The van der Waals surface area contributed by atoms with Gasteiger partial charge in [-0.1, -0.05) is 30.3 Å². The third kappa shape index (κ3) is 2.56. The molecular formula is C16H12N2O. The Balaban J connectivity index is 2.56. The summed E-state index contributed by atoms with van der Waals surface area (Å²) in [5.74, 6) is 0.177. The van der Waals surface area contributed by atoms with Crippen LogP contribution < -0.4 is 4.74 Å². The van der Waals surface area contributed by atoms with Crippen LogP contribution in [-0.4, -0.2) is 7.11 Å². The van der Waals surface area contributed by atoms with Gasteiger partial charge in [-0.15, -0.1) is 0 Å². The average Bonchev–Trinajstić information content (AvgIpc) is 2.49. The average molecular weight is 248 g/mol. The lowest BCUT2D eigenvalue weighted by atomic mass is 9.89. The number of hydrogen-bond donors (Lipinski definition) is 0. The van der Waals surface area contributed by atoms with Gasteiger partial charge in [-0.25, -0.2) is 0 Å². The van der Waals surface area contributed by atoms with Crippen molar-refractivity contribution in [3.8, 4) is 17.9 Å². The van der Waals surface area contributed by atoms with Crippen LogP contribution in [0.25, 0.3) is 0 Å². The molecule has 0 aliphatic heterocycles. The van der Waals surface area contributed by atoms with Crippen molar-refractivity contribution >= 4 is 0 Å². The zero-order valence-corrected chi connectivity index (χ0v) is 10.5. The molecule has 0 fully saturated rings. The highest BCUT2D eigenvalue weighted by Crippen LogP contribution is 2.29. The van der Waals surface area contributed by atoms with Gasteiger partial charge >= 0.3 is 0 Å². The summed E-state index contributed by atoms with van der Waals surface area (Å²) in [4.78, 5) is 0. The Morgan fingerprint density at radius 1 is 1.05 bits per heavy atom. The molecule has 3 nitrogen and oxygen atoms in total. The van der Waals surface area contributed by atoms with Crippen LogP contribution in [0.2, 0.25) is 0 Å². The number of benzene rings is 2. The Bertz CT molecular complexity index is 651. The van der Waals surface area contributed by atoms with Gasteiger partial charge < -0.3 is 4.74 Å². The molecule has 1 unspecified atom stereocenters. The zero-order valence-electron chi connectivity index (χ0n) is 10.5. The maximum Gasteiger partial charge on any atom is 0.119 e. The van der Waals surface area contributed by atoms with Crippen molar-refractivity contribution in [1.82, 2.24) is 0 Å². The number of hydrogen-bond acceptors (Lipinski definition) is 3. The predicted octanol–water partition coefficient (Wildman–Crippen LogP) is 3.22. The highest BCUT2D eigenvalue weighted by atomic mass is 16.5. The first-order valence-electron chi connectivity index (χ1n) is 5.82. The van der Waals surface area contributed by atoms with E-state index in [0.29, 0.717) is 16.9 Å². The van der Waals surface area contributed by atoms with Crippen molar-refractivity contribution in [2.45, 2.75) is 5.92 Å². The van der Waals surface area contributed by atoms with Crippen molar-refractivity contribution < 1.29 is 4.74 Å². The molecule has 0 heterocycles. The minimum absolute atomic E-state index is 0.467. The third-order valence-electron chi connectivity index (χ3n) is 2.95. The van der Waals surface area contributed by atoms with E-state index in [1.54, 1.807) is 25.3 Å². The predicted molar refractivity (Wildman–Crippen MR) is 71.6 cm³/mol. The number of ether oxygens (including phenoxy) is 1. The first-order valence-corrected chi connectivity index (χ1v) is 5.82. The molecule has 2 aromatic carbocycles. The SMILES string of the molecule is COc1ccc(C#N)c(C(C#N)c2ccccc2)c1. The summed E-state index contributed by atoms with van der Waals surface area (Å²) in [7, 11) is 1.56. The lowest BCUT2D eigenvalue weighted by molar-refractivity contribution is 0.414. The lowest BCUT2D eigenvalue weighted by Crippen LogP contribution is -2.01. The van der Waals surface area contributed by atoms with Crippen molar-refractivity contribution in [2.75, 3.05) is 7.11 Å². The van der Waals surface area contributed by atoms with E-state index in [0.717, 1.165) is 5.56 Å². The molecular weight excluding hydrogens is 236 g/mol. The molecule has 2 rings (SSSR count). The fraction of sp³-hybridized carbons (Fsp3) is 0.125. The van der Waals surface area contributed by atoms with E-state index in [1.807, 2.05) is 30.3 Å². The van der Waals surface area contributed by atoms with E-state index >= 15 is 0 Å². The molecule has 0 saturated heterocycles. The molecule has 92 valence electrons. The van der Waals surface area contributed by atoms with Crippen LogP contribution in [0.1, 0.15) is 22.6 Å². The molecule has 0 aliphatic carbocycles. The third-order valence-corrected chi connectivity index (χ3v) is 2.95. The zero-order chi connectivity index (χ0) is 13.7. The number of nitriles is 2. The fourth-order valence-electron chi connectivity index (χ4n) is 1.98. The first kappa shape index (κ1) is 12.7. The lowest BCUT2D eigenvalue weighted by Gasteiger charge is -2.13. The maximum absolute atomic E-state index is 9.42. The molecule has 0 saturated carbocycles. The molecule has 3 heteroatoms. The summed E-state index contributed by atoms with van der Waals surface area (Å²) >= 11 is 0. The normalized spacial score (nSPS) is 11.1. The van der Waals surface area contributed by atoms with Crippen LogP contribution in [0, 0.1) is 22.7 Å². The summed E-state index contributed by atoms with van der Waals surface area (Å²) in [6, 6.07) is 19.0. The van der Waals surface area contributed by atoms with E-state index in [-0.39, 0.29) is 0 Å². The van der Waals surface area contributed by atoms with Crippen molar-refractivity contribution in [3.05, 3.63) is 65.2 Å². The van der Waals surface area contributed by atoms with Crippen molar-refractivity contribution in [1.29, 1.82) is 10.5 Å². The largest absolute Gasteiger partial charge is 0.497 e. The van der Waals surface area contributed by atoms with Crippen molar-refractivity contribution in [2.24, 2.45) is 0 Å². The summed E-state index contributed by atoms with van der Waals surface area (Å²) in [6.45, 7) is 0. The van der Waals surface area contributed by atoms with E-state index in [4.69, 9.17) is 4.74 Å². The molecule has 1 atom stereocenters. The smallest absolute Gasteiger partial charge is 0.119 e. The van der Waals surface area contributed by atoms with Crippen LogP contribution >= 0.6 is 0 Å². The molecule has 0 bridgehead atoms. The van der Waals surface area contributed by atoms with E-state index in [1.165, 1.54) is 0 Å². The van der Waals surface area contributed by atoms with Gasteiger partial charge in [-0.05, 0) is 29.3 Å². The minimum Gasteiger partial charge on any atom is -0.497 e. The Hall–Kier alpha value is -2.78. The highest BCUT2D eigenvalue weighted by molar-refractivity contribution is 5.50. The van der Waals surface area contributed by atoms with Crippen LogP contribution in [0.5, 0.6) is 5.75 Å². The summed E-state index contributed by atoms with van der Waals surface area (Å²) in [5.41, 5.74) is 2.04. The van der Waals surface area contributed by atoms with Gasteiger partial charge in [0.25, 0.3) is 0 Å².